The van der Waals surface area contributed by atoms with Crippen LogP contribution in [0.15, 0.2) is 0 Å². The number of hydrogen-bond acceptors (Lipinski definition) is 3. The van der Waals surface area contributed by atoms with Crippen LogP contribution >= 0.6 is 0 Å². The molecule has 0 radical (unpaired) electrons. The zero-order valence-electron chi connectivity index (χ0n) is 9.46. The quantitative estimate of drug-likeness (QED) is 0.692. The van der Waals surface area contributed by atoms with Gasteiger partial charge in [-0.15, -0.1) is 0 Å². The third-order valence-corrected chi connectivity index (χ3v) is 2.79. The molecule has 1 aliphatic carbocycles. The third-order valence-electron chi connectivity index (χ3n) is 2.79. The topological polar surface area (TPSA) is 46.5 Å². The molecule has 0 heterocycles. The van der Waals surface area contributed by atoms with E-state index in [0.717, 1.165) is 6.42 Å². The Morgan fingerprint density at radius 3 is 2.21 bits per heavy atom. The summed E-state index contributed by atoms with van der Waals surface area (Å²) < 4.78 is 5.22. The molecule has 3 nitrogen and oxygen atoms in total. The molecule has 0 spiro atoms. The molecule has 1 aliphatic rings. The lowest BCUT2D eigenvalue weighted by molar-refractivity contribution is -0.175. The second kappa shape index (κ2) is 3.54. The highest BCUT2D eigenvalue weighted by atomic mass is 16.6. The Bertz CT molecular complexity index is 223. The normalized spacial score (nSPS) is 22.4. The summed E-state index contributed by atoms with van der Waals surface area (Å²) in [5.74, 6) is -0.699. The van der Waals surface area contributed by atoms with E-state index in [4.69, 9.17) is 4.74 Å². The molecule has 1 fully saturated rings. The van der Waals surface area contributed by atoms with Gasteiger partial charge in [0.15, 0.2) is 0 Å². The predicted octanol–water partition coefficient (Wildman–Crippen LogP) is 1.88. The van der Waals surface area contributed by atoms with E-state index in [2.05, 4.69) is 0 Å². The van der Waals surface area contributed by atoms with Crippen molar-refractivity contribution in [1.82, 2.24) is 0 Å². The van der Waals surface area contributed by atoms with Crippen molar-refractivity contribution in [3.8, 4) is 0 Å². The Hall–Kier alpha value is -0.570. The number of esters is 1. The van der Waals surface area contributed by atoms with Crippen LogP contribution in [0.3, 0.4) is 0 Å². The molecule has 14 heavy (non-hydrogen) atoms. The molecule has 0 aromatic carbocycles. The lowest BCUT2D eigenvalue weighted by Gasteiger charge is -2.41. The highest BCUT2D eigenvalue weighted by Crippen LogP contribution is 2.39. The van der Waals surface area contributed by atoms with Crippen molar-refractivity contribution in [1.29, 1.82) is 0 Å². The van der Waals surface area contributed by atoms with Gasteiger partial charge in [0.2, 0.25) is 0 Å². The van der Waals surface area contributed by atoms with Gasteiger partial charge in [-0.25, -0.2) is 0 Å². The molecule has 0 bridgehead atoms. The molecular formula is C11H20O3. The van der Waals surface area contributed by atoms with Crippen LogP contribution in [0.5, 0.6) is 0 Å². The predicted molar refractivity (Wildman–Crippen MR) is 53.8 cm³/mol. The number of ether oxygens (including phenoxy) is 1. The first-order valence-electron chi connectivity index (χ1n) is 5.20. The molecule has 0 amide bonds. The first-order chi connectivity index (χ1) is 6.25. The number of carbonyl (C=O) groups is 1. The summed E-state index contributed by atoms with van der Waals surface area (Å²) >= 11 is 0. The van der Waals surface area contributed by atoms with Crippen LogP contribution in [0.4, 0.5) is 0 Å². The first kappa shape index (κ1) is 11.5. The summed E-state index contributed by atoms with van der Waals surface area (Å²) in [6.07, 6.45) is 2.43. The van der Waals surface area contributed by atoms with Crippen LogP contribution < -0.4 is 0 Å². The van der Waals surface area contributed by atoms with Gasteiger partial charge >= 0.3 is 5.97 Å². The number of aliphatic hydroxyl groups is 1. The van der Waals surface area contributed by atoms with Crippen LogP contribution in [0.2, 0.25) is 0 Å². The Balaban J connectivity index is 2.52. The van der Waals surface area contributed by atoms with Crippen LogP contribution in [-0.4, -0.2) is 22.3 Å². The summed E-state index contributed by atoms with van der Waals surface area (Å²) in [7, 11) is 0. The van der Waals surface area contributed by atoms with E-state index in [9.17, 15) is 9.90 Å². The van der Waals surface area contributed by atoms with Gasteiger partial charge in [-0.1, -0.05) is 0 Å². The van der Waals surface area contributed by atoms with Crippen LogP contribution in [-0.2, 0) is 9.53 Å². The Morgan fingerprint density at radius 2 is 1.93 bits per heavy atom. The maximum Gasteiger partial charge on any atom is 0.312 e. The molecule has 1 rings (SSSR count). The Morgan fingerprint density at radius 1 is 1.43 bits per heavy atom. The van der Waals surface area contributed by atoms with Crippen molar-refractivity contribution in [3.63, 3.8) is 0 Å². The molecule has 3 heteroatoms. The van der Waals surface area contributed by atoms with Crippen molar-refractivity contribution < 1.29 is 14.6 Å². The van der Waals surface area contributed by atoms with Crippen LogP contribution in [0.25, 0.3) is 0 Å². The van der Waals surface area contributed by atoms with E-state index in [1.165, 1.54) is 0 Å². The summed E-state index contributed by atoms with van der Waals surface area (Å²) in [5, 5.41) is 9.94. The first-order valence-corrected chi connectivity index (χ1v) is 5.20. The average Bonchev–Trinajstić information content (AvgIpc) is 1.95. The largest absolute Gasteiger partial charge is 0.460 e. The molecule has 1 N–H and O–H groups in total. The van der Waals surface area contributed by atoms with Crippen molar-refractivity contribution in [2.24, 2.45) is 5.92 Å². The minimum absolute atomic E-state index is 0.292. The lowest BCUT2D eigenvalue weighted by Crippen LogP contribution is -2.48. The highest BCUT2D eigenvalue weighted by Gasteiger charge is 2.44. The fraction of sp³-hybridized carbons (Fsp3) is 0.909. The van der Waals surface area contributed by atoms with Gasteiger partial charge in [-0.05, 0) is 47.0 Å². The molecule has 82 valence electrons. The van der Waals surface area contributed by atoms with Crippen LogP contribution in [0.1, 0.15) is 47.0 Å². The van der Waals surface area contributed by atoms with Crippen molar-refractivity contribution in [2.45, 2.75) is 58.2 Å². The SMILES string of the molecule is CC(C(=O)OC(C)(C)C)C1(O)CCC1. The molecule has 0 aromatic rings. The second-order valence-corrected chi connectivity index (χ2v) is 5.21. The minimum atomic E-state index is -0.803. The maximum atomic E-state index is 11.6. The van der Waals surface area contributed by atoms with Gasteiger partial charge in [0.25, 0.3) is 0 Å². The maximum absolute atomic E-state index is 11.6. The zero-order chi connectivity index (χ0) is 11.0. The van der Waals surface area contributed by atoms with E-state index in [0.29, 0.717) is 12.8 Å². The summed E-state index contributed by atoms with van der Waals surface area (Å²) in [6.45, 7) is 7.25. The number of carbonyl (C=O) groups excluding carboxylic acids is 1. The van der Waals surface area contributed by atoms with Gasteiger partial charge in [-0.2, -0.15) is 0 Å². The van der Waals surface area contributed by atoms with Crippen molar-refractivity contribution in [2.75, 3.05) is 0 Å². The Kier molecular flexibility index (Phi) is 2.91. The van der Waals surface area contributed by atoms with E-state index in [1.54, 1.807) is 6.92 Å². The van der Waals surface area contributed by atoms with Crippen LogP contribution in [0, 0.1) is 5.92 Å². The van der Waals surface area contributed by atoms with E-state index in [1.807, 2.05) is 20.8 Å². The van der Waals surface area contributed by atoms with Gasteiger partial charge in [0, 0.05) is 0 Å². The smallest absolute Gasteiger partial charge is 0.312 e. The fourth-order valence-corrected chi connectivity index (χ4v) is 1.58. The van der Waals surface area contributed by atoms with E-state index < -0.39 is 17.1 Å². The fourth-order valence-electron chi connectivity index (χ4n) is 1.58. The lowest BCUT2D eigenvalue weighted by atomic mass is 9.72. The molecule has 0 aromatic heterocycles. The van der Waals surface area contributed by atoms with Gasteiger partial charge in [0.1, 0.15) is 5.60 Å². The summed E-state index contributed by atoms with van der Waals surface area (Å²) in [4.78, 5) is 11.6. The van der Waals surface area contributed by atoms with E-state index >= 15 is 0 Å². The highest BCUT2D eigenvalue weighted by molar-refractivity contribution is 5.74. The average molecular weight is 200 g/mol. The molecule has 0 saturated heterocycles. The second-order valence-electron chi connectivity index (χ2n) is 5.21. The number of rotatable bonds is 2. The Labute approximate surface area is 85.5 Å². The van der Waals surface area contributed by atoms with Gasteiger partial charge in [0.05, 0.1) is 11.5 Å². The third kappa shape index (κ3) is 2.47. The standard InChI is InChI=1S/C11H20O3/c1-8(11(13)6-5-7-11)9(12)14-10(2,3)4/h8,13H,5-7H2,1-4H3. The van der Waals surface area contributed by atoms with Gasteiger partial charge < -0.3 is 9.84 Å². The molecule has 1 atom stereocenters. The van der Waals surface area contributed by atoms with Gasteiger partial charge in [-0.3, -0.25) is 4.79 Å². The molecule has 1 saturated carbocycles. The molecule has 1 unspecified atom stereocenters. The van der Waals surface area contributed by atoms with Crippen molar-refractivity contribution >= 4 is 5.97 Å². The minimum Gasteiger partial charge on any atom is -0.460 e. The van der Waals surface area contributed by atoms with Crippen molar-refractivity contribution in [3.05, 3.63) is 0 Å². The zero-order valence-corrected chi connectivity index (χ0v) is 9.46. The molecule has 0 aliphatic heterocycles. The summed E-state index contributed by atoms with van der Waals surface area (Å²) in [6, 6.07) is 0. The monoisotopic (exact) mass is 200 g/mol. The summed E-state index contributed by atoms with van der Waals surface area (Å²) in [5.41, 5.74) is -1.27. The molecular weight excluding hydrogens is 180 g/mol. The van der Waals surface area contributed by atoms with E-state index in [-0.39, 0.29) is 5.97 Å². The number of hydrogen-bond donors (Lipinski definition) is 1.